The van der Waals surface area contributed by atoms with E-state index in [0.717, 1.165) is 31.5 Å². The van der Waals surface area contributed by atoms with Gasteiger partial charge in [-0.15, -0.1) is 0 Å². The second kappa shape index (κ2) is 6.37. The van der Waals surface area contributed by atoms with E-state index in [9.17, 15) is 9.90 Å². The molecule has 0 aliphatic carbocycles. The summed E-state index contributed by atoms with van der Waals surface area (Å²) < 4.78 is 0. The summed E-state index contributed by atoms with van der Waals surface area (Å²) in [4.78, 5) is 13.9. The first kappa shape index (κ1) is 15.0. The number of aryl methyl sites for hydroxylation is 1. The molecule has 1 saturated heterocycles. The van der Waals surface area contributed by atoms with Gasteiger partial charge in [0.1, 0.15) is 0 Å². The molecule has 2 N–H and O–H groups in total. The fourth-order valence-electron chi connectivity index (χ4n) is 2.62. The minimum Gasteiger partial charge on any atom is -0.389 e. The third-order valence-corrected chi connectivity index (χ3v) is 3.67. The zero-order chi connectivity index (χ0) is 14.6. The number of benzene rings is 1. The number of likely N-dealkylation sites (tertiary alicyclic amines) is 1. The van der Waals surface area contributed by atoms with Crippen LogP contribution in [0.2, 0.25) is 0 Å². The Balaban J connectivity index is 1.82. The molecule has 0 spiro atoms. The van der Waals surface area contributed by atoms with Gasteiger partial charge in [-0.2, -0.15) is 0 Å². The van der Waals surface area contributed by atoms with Crippen LogP contribution in [0.4, 0.5) is 5.69 Å². The lowest BCUT2D eigenvalue weighted by molar-refractivity contribution is -0.117. The molecule has 2 rings (SSSR count). The van der Waals surface area contributed by atoms with Crippen molar-refractivity contribution in [3.63, 3.8) is 0 Å². The zero-order valence-electron chi connectivity index (χ0n) is 12.4. The van der Waals surface area contributed by atoms with E-state index in [1.54, 1.807) is 0 Å². The molecule has 1 aromatic rings. The zero-order valence-corrected chi connectivity index (χ0v) is 12.4. The molecule has 4 nitrogen and oxygen atoms in total. The van der Waals surface area contributed by atoms with E-state index in [-0.39, 0.29) is 5.91 Å². The number of hydrogen-bond donors (Lipinski definition) is 2. The third-order valence-electron chi connectivity index (χ3n) is 3.67. The summed E-state index contributed by atoms with van der Waals surface area (Å²) in [6.45, 7) is 5.65. The molecule has 1 aromatic carbocycles. The summed E-state index contributed by atoms with van der Waals surface area (Å²) in [6.07, 6.45) is 2.92. The van der Waals surface area contributed by atoms with Gasteiger partial charge in [0.05, 0.1) is 12.1 Å². The van der Waals surface area contributed by atoms with Gasteiger partial charge in [-0.3, -0.25) is 9.69 Å². The first-order valence-corrected chi connectivity index (χ1v) is 7.32. The van der Waals surface area contributed by atoms with Crippen LogP contribution < -0.4 is 5.32 Å². The Bertz CT molecular complexity index is 454. The Morgan fingerprint density at radius 3 is 2.65 bits per heavy atom. The molecular formula is C16H24N2O2. The molecule has 1 fully saturated rings. The van der Waals surface area contributed by atoms with Gasteiger partial charge in [0, 0.05) is 18.8 Å². The molecule has 1 heterocycles. The minimum atomic E-state index is -0.651. The number of anilines is 1. The van der Waals surface area contributed by atoms with Crippen molar-refractivity contribution < 1.29 is 9.90 Å². The van der Waals surface area contributed by atoms with Crippen LogP contribution in [-0.4, -0.2) is 41.1 Å². The van der Waals surface area contributed by atoms with Gasteiger partial charge in [0.2, 0.25) is 5.91 Å². The topological polar surface area (TPSA) is 52.6 Å². The van der Waals surface area contributed by atoms with Crippen molar-refractivity contribution in [1.29, 1.82) is 0 Å². The van der Waals surface area contributed by atoms with Crippen LogP contribution in [-0.2, 0) is 11.2 Å². The number of hydrogen-bond acceptors (Lipinski definition) is 3. The van der Waals surface area contributed by atoms with Crippen molar-refractivity contribution in [2.75, 3.05) is 25.0 Å². The monoisotopic (exact) mass is 276 g/mol. The second-order valence-corrected chi connectivity index (χ2v) is 5.95. The van der Waals surface area contributed by atoms with Gasteiger partial charge in [-0.1, -0.05) is 25.5 Å². The standard InChI is InChI=1S/C16H24N2O2/c1-3-4-13-5-7-14(8-6-13)17-15(19)11-18-10-9-16(2,20)12-18/h5-8,20H,3-4,9-12H2,1-2H3,(H,17,19). The lowest BCUT2D eigenvalue weighted by Gasteiger charge is -2.18. The summed E-state index contributed by atoms with van der Waals surface area (Å²) in [5, 5.41) is 12.8. The molecule has 1 aliphatic heterocycles. The van der Waals surface area contributed by atoms with Crippen molar-refractivity contribution in [3.05, 3.63) is 29.8 Å². The smallest absolute Gasteiger partial charge is 0.238 e. The number of aliphatic hydroxyl groups is 1. The van der Waals surface area contributed by atoms with E-state index < -0.39 is 5.60 Å². The first-order valence-electron chi connectivity index (χ1n) is 7.32. The number of β-amino-alcohol motifs (C(OH)–C–C–N with tert-alkyl or cyclic N) is 1. The van der Waals surface area contributed by atoms with E-state index in [2.05, 4.69) is 24.4 Å². The molecule has 0 saturated carbocycles. The highest BCUT2D eigenvalue weighted by Gasteiger charge is 2.31. The number of nitrogens with one attached hydrogen (secondary N) is 1. The highest BCUT2D eigenvalue weighted by molar-refractivity contribution is 5.92. The Kier molecular flexibility index (Phi) is 4.78. The fraction of sp³-hybridized carbons (Fsp3) is 0.562. The summed E-state index contributed by atoms with van der Waals surface area (Å²) in [5.74, 6) is -0.0223. The highest BCUT2D eigenvalue weighted by Crippen LogP contribution is 2.19. The Morgan fingerprint density at radius 1 is 1.40 bits per heavy atom. The Morgan fingerprint density at radius 2 is 2.10 bits per heavy atom. The van der Waals surface area contributed by atoms with E-state index in [0.29, 0.717) is 13.1 Å². The number of carbonyl (C=O) groups is 1. The quantitative estimate of drug-likeness (QED) is 0.865. The maximum atomic E-state index is 12.0. The van der Waals surface area contributed by atoms with Crippen LogP contribution in [0.25, 0.3) is 0 Å². The molecule has 1 amide bonds. The van der Waals surface area contributed by atoms with E-state index in [1.807, 2.05) is 24.0 Å². The fourth-order valence-corrected chi connectivity index (χ4v) is 2.62. The predicted octanol–water partition coefficient (Wildman–Crippen LogP) is 2.03. The SMILES string of the molecule is CCCc1ccc(NC(=O)CN2CCC(C)(O)C2)cc1. The van der Waals surface area contributed by atoms with Gasteiger partial charge in [0.15, 0.2) is 0 Å². The van der Waals surface area contributed by atoms with Gasteiger partial charge >= 0.3 is 0 Å². The molecule has 1 aliphatic rings. The molecule has 110 valence electrons. The van der Waals surface area contributed by atoms with Crippen molar-refractivity contribution in [2.45, 2.75) is 38.7 Å². The molecule has 0 bridgehead atoms. The van der Waals surface area contributed by atoms with Gasteiger partial charge in [0.25, 0.3) is 0 Å². The lowest BCUT2D eigenvalue weighted by atomic mass is 10.1. The molecule has 1 atom stereocenters. The van der Waals surface area contributed by atoms with Crippen LogP contribution in [0.1, 0.15) is 32.3 Å². The maximum Gasteiger partial charge on any atom is 0.238 e. The van der Waals surface area contributed by atoms with Crippen LogP contribution in [0.3, 0.4) is 0 Å². The summed E-state index contributed by atoms with van der Waals surface area (Å²) in [6, 6.07) is 8.01. The number of nitrogens with zero attached hydrogens (tertiary/aromatic N) is 1. The molecule has 0 radical (unpaired) electrons. The normalized spacial score (nSPS) is 22.9. The van der Waals surface area contributed by atoms with Crippen molar-refractivity contribution in [2.24, 2.45) is 0 Å². The average Bonchev–Trinajstić information content (AvgIpc) is 2.71. The van der Waals surface area contributed by atoms with Crippen molar-refractivity contribution in [3.8, 4) is 0 Å². The minimum absolute atomic E-state index is 0.0223. The van der Waals surface area contributed by atoms with Crippen LogP contribution in [0, 0.1) is 0 Å². The summed E-state index contributed by atoms with van der Waals surface area (Å²) in [7, 11) is 0. The Labute approximate surface area is 120 Å². The Hall–Kier alpha value is -1.39. The molecule has 0 aromatic heterocycles. The number of amides is 1. The molecule has 20 heavy (non-hydrogen) atoms. The number of rotatable bonds is 5. The maximum absolute atomic E-state index is 12.0. The van der Waals surface area contributed by atoms with Crippen molar-refractivity contribution >= 4 is 11.6 Å². The largest absolute Gasteiger partial charge is 0.389 e. The first-order chi connectivity index (χ1) is 9.48. The van der Waals surface area contributed by atoms with Crippen molar-refractivity contribution in [1.82, 2.24) is 4.90 Å². The van der Waals surface area contributed by atoms with E-state index in [4.69, 9.17) is 0 Å². The van der Waals surface area contributed by atoms with Gasteiger partial charge in [-0.25, -0.2) is 0 Å². The lowest BCUT2D eigenvalue weighted by Crippen LogP contribution is -2.35. The number of carbonyl (C=O) groups excluding carboxylic acids is 1. The van der Waals surface area contributed by atoms with Gasteiger partial charge in [-0.05, 0) is 37.5 Å². The third kappa shape index (κ3) is 4.32. The van der Waals surface area contributed by atoms with E-state index in [1.165, 1.54) is 5.56 Å². The second-order valence-electron chi connectivity index (χ2n) is 5.95. The molecule has 1 unspecified atom stereocenters. The highest BCUT2D eigenvalue weighted by atomic mass is 16.3. The summed E-state index contributed by atoms with van der Waals surface area (Å²) in [5.41, 5.74) is 1.48. The predicted molar refractivity (Wildman–Crippen MR) is 80.7 cm³/mol. The van der Waals surface area contributed by atoms with Crippen LogP contribution in [0.15, 0.2) is 24.3 Å². The van der Waals surface area contributed by atoms with Crippen LogP contribution >= 0.6 is 0 Å². The van der Waals surface area contributed by atoms with Gasteiger partial charge < -0.3 is 10.4 Å². The van der Waals surface area contributed by atoms with E-state index >= 15 is 0 Å². The average molecular weight is 276 g/mol. The van der Waals surface area contributed by atoms with Crippen LogP contribution in [0.5, 0.6) is 0 Å². The summed E-state index contributed by atoms with van der Waals surface area (Å²) >= 11 is 0. The molecular weight excluding hydrogens is 252 g/mol. The molecule has 4 heteroatoms.